The number of methoxy groups -OCH3 is 2. The molecule has 2 aliphatic rings. The Morgan fingerprint density at radius 2 is 0.940 bits per heavy atom. The van der Waals surface area contributed by atoms with Crippen LogP contribution in [0.4, 0.5) is 21.0 Å². The summed E-state index contributed by atoms with van der Waals surface area (Å²) in [5, 5.41) is 11.1. The van der Waals surface area contributed by atoms with Crippen LogP contribution in [-0.4, -0.2) is 98.1 Å². The number of anilines is 2. The summed E-state index contributed by atoms with van der Waals surface area (Å²) in [7, 11) is 2.49. The second-order valence-corrected chi connectivity index (χ2v) is 13.4. The van der Waals surface area contributed by atoms with E-state index in [-0.39, 0.29) is 60.4 Å². The largest absolute Gasteiger partial charge is 0.453 e. The highest BCUT2D eigenvalue weighted by Crippen LogP contribution is 2.26. The Morgan fingerprint density at radius 3 is 1.24 bits per heavy atom. The molecule has 0 aromatic heterocycles. The highest BCUT2D eigenvalue weighted by atomic mass is 16.5. The first-order valence-corrected chi connectivity index (χ1v) is 16.9. The summed E-state index contributed by atoms with van der Waals surface area (Å²) < 4.78 is 9.30. The number of carbonyl (C=O) groups excluding carboxylic acids is 6. The van der Waals surface area contributed by atoms with E-state index in [2.05, 4.69) is 30.7 Å². The highest BCUT2D eigenvalue weighted by molar-refractivity contribution is 5.95. The molecule has 2 fully saturated rings. The zero-order valence-corrected chi connectivity index (χ0v) is 29.5. The van der Waals surface area contributed by atoms with E-state index < -0.39 is 24.3 Å². The van der Waals surface area contributed by atoms with E-state index >= 15 is 0 Å². The van der Waals surface area contributed by atoms with Crippen molar-refractivity contribution in [1.82, 2.24) is 20.4 Å². The number of hydrogen-bond donors (Lipinski definition) is 4. The highest BCUT2D eigenvalue weighted by Gasteiger charge is 2.37. The molecule has 4 N–H and O–H groups in total. The van der Waals surface area contributed by atoms with E-state index in [9.17, 15) is 28.8 Å². The number of hydrogen-bond acceptors (Lipinski definition) is 8. The van der Waals surface area contributed by atoms with E-state index in [0.717, 1.165) is 11.1 Å². The van der Waals surface area contributed by atoms with Crippen molar-refractivity contribution in [2.75, 3.05) is 51.0 Å². The molecule has 0 spiro atoms. The van der Waals surface area contributed by atoms with E-state index in [1.807, 2.05) is 76.2 Å². The third-order valence-corrected chi connectivity index (χ3v) is 9.16. The van der Waals surface area contributed by atoms with E-state index in [0.29, 0.717) is 37.3 Å². The van der Waals surface area contributed by atoms with Crippen molar-refractivity contribution in [3.05, 3.63) is 48.5 Å². The van der Waals surface area contributed by atoms with Gasteiger partial charge in [0.05, 0.1) is 26.1 Å². The Balaban J connectivity index is 1.27. The van der Waals surface area contributed by atoms with Crippen molar-refractivity contribution in [3.63, 3.8) is 0 Å². The van der Waals surface area contributed by atoms with Gasteiger partial charge in [-0.15, -0.1) is 0 Å². The summed E-state index contributed by atoms with van der Waals surface area (Å²) in [5.74, 6) is -1.87. The number of amides is 6. The van der Waals surface area contributed by atoms with Crippen molar-refractivity contribution in [2.24, 2.45) is 23.7 Å². The van der Waals surface area contributed by atoms with E-state index in [1.165, 1.54) is 14.2 Å². The molecule has 2 unspecified atom stereocenters. The molecule has 4 rings (SSSR count). The first-order valence-electron chi connectivity index (χ1n) is 16.9. The van der Waals surface area contributed by atoms with Crippen molar-refractivity contribution in [1.29, 1.82) is 0 Å². The van der Waals surface area contributed by atoms with Crippen LogP contribution in [0.25, 0.3) is 11.1 Å². The molecule has 0 radical (unpaired) electrons. The second-order valence-electron chi connectivity index (χ2n) is 13.4. The van der Waals surface area contributed by atoms with Gasteiger partial charge in [-0.05, 0) is 60.1 Å². The van der Waals surface area contributed by atoms with Gasteiger partial charge >= 0.3 is 12.2 Å². The zero-order chi connectivity index (χ0) is 36.5. The fraction of sp³-hybridized carbons (Fsp3) is 0.500. The van der Waals surface area contributed by atoms with Gasteiger partial charge in [0.2, 0.25) is 23.6 Å². The van der Waals surface area contributed by atoms with Crippen LogP contribution in [0.1, 0.15) is 40.5 Å². The van der Waals surface area contributed by atoms with Crippen LogP contribution in [0.5, 0.6) is 0 Å². The lowest BCUT2D eigenvalue weighted by molar-refractivity contribution is -0.134. The smallest absolute Gasteiger partial charge is 0.407 e. The standard InChI is InChI=1S/C36H48N6O8/c1-21(2)29(39-35(47)49-5)33(45)41-17-15-25(19-41)31(43)37-27-11-7-23(8-12-27)24-9-13-28(14-10-24)38-32(44)26-16-18-42(20-26)34(46)30(22(3)4)40-36(48)50-6/h7-14,21-22,25-26,29-30H,15-20H2,1-6H3,(H,37,43)(H,38,44)(H,39,47)(H,40,48)/t25?,26?,29-,30-/m0/s1. The van der Waals surface area contributed by atoms with Gasteiger partial charge in [0.1, 0.15) is 12.1 Å². The Kier molecular flexibility index (Phi) is 12.8. The van der Waals surface area contributed by atoms with Crippen molar-refractivity contribution >= 4 is 47.2 Å². The minimum absolute atomic E-state index is 0.146. The number of likely N-dealkylation sites (tertiary alicyclic amines) is 2. The maximum atomic E-state index is 13.1. The van der Waals surface area contributed by atoms with Gasteiger partial charge in [0.15, 0.2) is 0 Å². The monoisotopic (exact) mass is 692 g/mol. The molecule has 6 amide bonds. The Morgan fingerprint density at radius 1 is 0.600 bits per heavy atom. The van der Waals surface area contributed by atoms with Gasteiger partial charge in [-0.2, -0.15) is 0 Å². The molecule has 2 heterocycles. The molecular formula is C36H48N6O8. The molecule has 2 saturated heterocycles. The predicted molar refractivity (Wildman–Crippen MR) is 187 cm³/mol. The molecule has 2 aromatic carbocycles. The summed E-state index contributed by atoms with van der Waals surface area (Å²) in [6.45, 7) is 8.72. The molecule has 50 heavy (non-hydrogen) atoms. The minimum atomic E-state index is -0.737. The number of nitrogens with zero attached hydrogens (tertiary/aromatic N) is 2. The van der Waals surface area contributed by atoms with Crippen LogP contribution in [0.15, 0.2) is 48.5 Å². The number of benzene rings is 2. The molecule has 14 heteroatoms. The summed E-state index contributed by atoms with van der Waals surface area (Å²) in [6.07, 6.45) is -0.308. The topological polar surface area (TPSA) is 175 Å². The molecule has 2 aromatic rings. The van der Waals surface area contributed by atoms with Gasteiger partial charge in [0, 0.05) is 37.6 Å². The first-order chi connectivity index (χ1) is 23.8. The van der Waals surface area contributed by atoms with Crippen molar-refractivity contribution in [2.45, 2.75) is 52.6 Å². The predicted octanol–water partition coefficient (Wildman–Crippen LogP) is 3.69. The van der Waals surface area contributed by atoms with Crippen LogP contribution in [0.2, 0.25) is 0 Å². The van der Waals surface area contributed by atoms with Crippen molar-refractivity contribution in [3.8, 4) is 11.1 Å². The average molecular weight is 693 g/mol. The second kappa shape index (κ2) is 17.0. The van der Waals surface area contributed by atoms with E-state index in [4.69, 9.17) is 0 Å². The quantitative estimate of drug-likeness (QED) is 0.276. The summed E-state index contributed by atoms with van der Waals surface area (Å²) in [4.78, 5) is 78.8. The minimum Gasteiger partial charge on any atom is -0.453 e. The van der Waals surface area contributed by atoms with Gasteiger partial charge in [0.25, 0.3) is 0 Å². The molecule has 2 aliphatic heterocycles. The molecule has 4 atom stereocenters. The first kappa shape index (κ1) is 37.7. The summed E-state index contributed by atoms with van der Waals surface area (Å²) in [5.41, 5.74) is 3.09. The zero-order valence-electron chi connectivity index (χ0n) is 29.5. The summed E-state index contributed by atoms with van der Waals surface area (Å²) >= 11 is 0. The molecule has 0 aliphatic carbocycles. The fourth-order valence-corrected chi connectivity index (χ4v) is 6.12. The van der Waals surface area contributed by atoms with Crippen LogP contribution in [0.3, 0.4) is 0 Å². The lowest BCUT2D eigenvalue weighted by atomic mass is 10.0. The molecular weight excluding hydrogens is 644 g/mol. The Labute approximate surface area is 292 Å². The number of ether oxygens (including phenoxy) is 2. The molecule has 0 bridgehead atoms. The summed E-state index contributed by atoms with van der Waals surface area (Å²) in [6, 6.07) is 13.3. The third-order valence-electron chi connectivity index (χ3n) is 9.16. The van der Waals surface area contributed by atoms with Crippen LogP contribution < -0.4 is 21.3 Å². The van der Waals surface area contributed by atoms with Gasteiger partial charge in [-0.1, -0.05) is 52.0 Å². The molecule has 14 nitrogen and oxygen atoms in total. The van der Waals surface area contributed by atoms with E-state index in [1.54, 1.807) is 9.80 Å². The van der Waals surface area contributed by atoms with Gasteiger partial charge < -0.3 is 40.5 Å². The van der Waals surface area contributed by atoms with Gasteiger partial charge in [-0.25, -0.2) is 9.59 Å². The number of nitrogens with one attached hydrogen (secondary N) is 4. The lowest BCUT2D eigenvalue weighted by Crippen LogP contribution is -2.50. The average Bonchev–Trinajstić information content (AvgIpc) is 3.81. The normalized spacial score (nSPS) is 18.3. The third kappa shape index (κ3) is 9.51. The number of carbonyl (C=O) groups is 6. The maximum absolute atomic E-state index is 13.1. The Hall–Kier alpha value is -5.14. The number of rotatable bonds is 11. The fourth-order valence-electron chi connectivity index (χ4n) is 6.12. The maximum Gasteiger partial charge on any atom is 0.407 e. The SMILES string of the molecule is COC(=O)N[C@H](C(=O)N1CCC(C(=O)Nc2ccc(-c3ccc(NC(=O)C4CCN(C(=O)[C@@H](NC(=O)OC)C(C)C)C4)cc3)cc2)C1)C(C)C. The lowest BCUT2D eigenvalue weighted by Gasteiger charge is -2.26. The van der Waals surface area contributed by atoms with Crippen LogP contribution in [0, 0.1) is 23.7 Å². The molecule has 0 saturated carbocycles. The van der Waals surface area contributed by atoms with Crippen LogP contribution >= 0.6 is 0 Å². The van der Waals surface area contributed by atoms with Gasteiger partial charge in [-0.3, -0.25) is 19.2 Å². The molecule has 270 valence electrons. The van der Waals surface area contributed by atoms with Crippen molar-refractivity contribution < 1.29 is 38.2 Å². The van der Waals surface area contributed by atoms with Crippen LogP contribution in [-0.2, 0) is 28.7 Å². The Bertz CT molecular complexity index is 1430. The number of alkyl carbamates (subject to hydrolysis) is 2.